The molecule has 0 amide bonds. The van der Waals surface area contributed by atoms with E-state index in [1.54, 1.807) is 7.11 Å². The van der Waals surface area contributed by atoms with Crippen molar-refractivity contribution >= 4 is 17.6 Å². The number of rotatable bonds is 4. The standard InChI is InChI=1S/C18H20ClFO4/c1-23-18-6-9-2-10(7-18)16(11(3-9)8-18)24-15-5-14(20)12(17(21)22)4-13(15)19/h4-5,9-11,16H,2-3,6-8H2,1H3,(H,21,22)/t9?,10-,11+,16?,18?. The number of ether oxygens (including phenoxy) is 2. The van der Waals surface area contributed by atoms with Crippen molar-refractivity contribution in [2.45, 2.75) is 43.8 Å². The summed E-state index contributed by atoms with van der Waals surface area (Å²) in [5.74, 6) is -0.465. The summed E-state index contributed by atoms with van der Waals surface area (Å²) in [5.41, 5.74) is -0.450. The van der Waals surface area contributed by atoms with Gasteiger partial charge in [-0.3, -0.25) is 0 Å². The minimum Gasteiger partial charge on any atom is -0.488 e. The van der Waals surface area contributed by atoms with Crippen LogP contribution in [0.2, 0.25) is 5.02 Å². The first-order valence-electron chi connectivity index (χ1n) is 8.35. The molecule has 0 saturated heterocycles. The van der Waals surface area contributed by atoms with Gasteiger partial charge in [-0.05, 0) is 55.9 Å². The number of halogens is 2. The van der Waals surface area contributed by atoms with Crippen LogP contribution in [0.3, 0.4) is 0 Å². The van der Waals surface area contributed by atoms with Crippen molar-refractivity contribution in [2.75, 3.05) is 7.11 Å². The van der Waals surface area contributed by atoms with Crippen molar-refractivity contribution in [3.8, 4) is 5.75 Å². The maximum Gasteiger partial charge on any atom is 0.338 e. The highest BCUT2D eigenvalue weighted by molar-refractivity contribution is 6.32. The molecule has 5 atom stereocenters. The summed E-state index contributed by atoms with van der Waals surface area (Å²) in [6.45, 7) is 0. The lowest BCUT2D eigenvalue weighted by molar-refractivity contribution is -0.182. The van der Waals surface area contributed by atoms with Crippen LogP contribution in [0.4, 0.5) is 4.39 Å². The number of methoxy groups -OCH3 is 1. The highest BCUT2D eigenvalue weighted by atomic mass is 35.5. The molecule has 4 aliphatic rings. The van der Waals surface area contributed by atoms with Crippen molar-refractivity contribution in [1.82, 2.24) is 0 Å². The summed E-state index contributed by atoms with van der Waals surface area (Å²) in [6, 6.07) is 2.23. The number of hydrogen-bond donors (Lipinski definition) is 1. The number of hydrogen-bond acceptors (Lipinski definition) is 3. The minimum absolute atomic E-state index is 0.00240. The predicted octanol–water partition coefficient (Wildman–Crippen LogP) is 4.15. The Kier molecular flexibility index (Phi) is 3.77. The van der Waals surface area contributed by atoms with Crippen LogP contribution in [0.5, 0.6) is 5.75 Å². The summed E-state index contributed by atoms with van der Waals surface area (Å²) < 4.78 is 25.9. The Hall–Kier alpha value is -1.33. The van der Waals surface area contributed by atoms with Gasteiger partial charge in [-0.2, -0.15) is 0 Å². The van der Waals surface area contributed by atoms with Crippen LogP contribution in [-0.4, -0.2) is 29.9 Å². The van der Waals surface area contributed by atoms with Crippen molar-refractivity contribution in [3.05, 3.63) is 28.5 Å². The summed E-state index contributed by atoms with van der Waals surface area (Å²) >= 11 is 6.13. The van der Waals surface area contributed by atoms with E-state index in [0.29, 0.717) is 17.8 Å². The van der Waals surface area contributed by atoms with Gasteiger partial charge in [-0.25, -0.2) is 9.18 Å². The molecule has 4 bridgehead atoms. The molecule has 1 aromatic carbocycles. The normalized spacial score (nSPS) is 36.8. The number of aromatic carboxylic acids is 1. The van der Waals surface area contributed by atoms with Crippen LogP contribution >= 0.6 is 11.6 Å². The molecule has 0 radical (unpaired) electrons. The van der Waals surface area contributed by atoms with Gasteiger partial charge >= 0.3 is 5.97 Å². The van der Waals surface area contributed by atoms with E-state index >= 15 is 0 Å². The topological polar surface area (TPSA) is 55.8 Å². The molecule has 0 spiro atoms. The fourth-order valence-electron chi connectivity index (χ4n) is 5.27. The largest absolute Gasteiger partial charge is 0.488 e. The van der Waals surface area contributed by atoms with Gasteiger partial charge < -0.3 is 14.6 Å². The Morgan fingerprint density at radius 2 is 1.96 bits per heavy atom. The van der Waals surface area contributed by atoms with Crippen LogP contribution in [0.25, 0.3) is 0 Å². The van der Waals surface area contributed by atoms with Gasteiger partial charge in [0.2, 0.25) is 0 Å². The van der Waals surface area contributed by atoms with Crippen molar-refractivity contribution in [3.63, 3.8) is 0 Å². The molecule has 0 heterocycles. The number of carboxylic acids is 1. The average Bonchev–Trinajstić information content (AvgIpc) is 2.52. The van der Waals surface area contributed by atoms with Gasteiger partial charge in [0, 0.05) is 13.2 Å². The molecule has 130 valence electrons. The first-order chi connectivity index (χ1) is 11.4. The third-order valence-electron chi connectivity index (χ3n) is 6.08. The number of carbonyl (C=O) groups is 1. The second-order valence-corrected chi connectivity index (χ2v) is 7.91. The fourth-order valence-corrected chi connectivity index (χ4v) is 5.48. The van der Waals surface area contributed by atoms with Crippen molar-refractivity contribution in [2.24, 2.45) is 17.8 Å². The van der Waals surface area contributed by atoms with Gasteiger partial charge in [-0.15, -0.1) is 0 Å². The van der Waals surface area contributed by atoms with E-state index in [1.807, 2.05) is 0 Å². The molecule has 1 N–H and O–H groups in total. The zero-order valence-electron chi connectivity index (χ0n) is 13.4. The SMILES string of the molecule is COC12CC3C[C@H](C1)C(Oc1cc(F)c(C(=O)O)cc1Cl)[C@@H](C3)C2. The molecule has 1 aromatic rings. The molecule has 4 nitrogen and oxygen atoms in total. The van der Waals surface area contributed by atoms with E-state index in [2.05, 4.69) is 0 Å². The lowest BCUT2D eigenvalue weighted by Crippen LogP contribution is -2.59. The zero-order chi connectivity index (χ0) is 17.1. The second kappa shape index (κ2) is 5.60. The van der Waals surface area contributed by atoms with Crippen LogP contribution < -0.4 is 4.74 Å². The Morgan fingerprint density at radius 1 is 1.29 bits per heavy atom. The van der Waals surface area contributed by atoms with Crippen LogP contribution in [0.1, 0.15) is 42.5 Å². The first-order valence-corrected chi connectivity index (χ1v) is 8.73. The molecular weight excluding hydrogens is 335 g/mol. The summed E-state index contributed by atoms with van der Waals surface area (Å²) in [6.07, 6.45) is 5.28. The Labute approximate surface area is 144 Å². The van der Waals surface area contributed by atoms with Crippen LogP contribution in [-0.2, 0) is 4.74 Å². The lowest BCUT2D eigenvalue weighted by Gasteiger charge is -2.58. The zero-order valence-corrected chi connectivity index (χ0v) is 14.2. The molecule has 5 rings (SSSR count). The molecular formula is C18H20ClFO4. The Morgan fingerprint density at radius 3 is 2.54 bits per heavy atom. The fraction of sp³-hybridized carbons (Fsp3) is 0.611. The first kappa shape index (κ1) is 16.2. The van der Waals surface area contributed by atoms with Gasteiger partial charge in [-0.1, -0.05) is 11.6 Å². The molecule has 24 heavy (non-hydrogen) atoms. The van der Waals surface area contributed by atoms with Crippen molar-refractivity contribution < 1.29 is 23.8 Å². The third kappa shape index (κ3) is 2.49. The highest BCUT2D eigenvalue weighted by Crippen LogP contribution is 2.58. The maximum atomic E-state index is 14.0. The van der Waals surface area contributed by atoms with E-state index in [4.69, 9.17) is 26.2 Å². The predicted molar refractivity (Wildman–Crippen MR) is 86.1 cm³/mol. The molecule has 3 unspecified atom stereocenters. The minimum atomic E-state index is -1.34. The summed E-state index contributed by atoms with van der Waals surface area (Å²) in [7, 11) is 1.79. The van der Waals surface area contributed by atoms with Crippen molar-refractivity contribution in [1.29, 1.82) is 0 Å². The van der Waals surface area contributed by atoms with Gasteiger partial charge in [0.05, 0.1) is 16.2 Å². The monoisotopic (exact) mass is 354 g/mol. The van der Waals surface area contributed by atoms with E-state index < -0.39 is 17.3 Å². The lowest BCUT2D eigenvalue weighted by atomic mass is 9.53. The molecule has 4 fully saturated rings. The number of benzene rings is 1. The number of carboxylic acid groups (broad SMARTS) is 1. The van der Waals surface area contributed by atoms with E-state index in [-0.39, 0.29) is 22.5 Å². The van der Waals surface area contributed by atoms with Crippen LogP contribution in [0.15, 0.2) is 12.1 Å². The quantitative estimate of drug-likeness (QED) is 0.882. The third-order valence-corrected chi connectivity index (χ3v) is 6.37. The molecule has 4 saturated carbocycles. The molecule has 6 heteroatoms. The smallest absolute Gasteiger partial charge is 0.338 e. The van der Waals surface area contributed by atoms with Gasteiger partial charge in [0.15, 0.2) is 0 Å². The second-order valence-electron chi connectivity index (χ2n) is 7.51. The van der Waals surface area contributed by atoms with E-state index in [1.165, 1.54) is 0 Å². The van der Waals surface area contributed by atoms with Crippen LogP contribution in [0, 0.1) is 23.6 Å². The Bertz CT molecular complexity index is 676. The molecule has 0 aromatic heterocycles. The molecule has 0 aliphatic heterocycles. The van der Waals surface area contributed by atoms with E-state index in [9.17, 15) is 9.18 Å². The summed E-state index contributed by atoms with van der Waals surface area (Å²) in [4.78, 5) is 11.0. The van der Waals surface area contributed by atoms with E-state index in [0.717, 1.165) is 44.2 Å². The van der Waals surface area contributed by atoms with Gasteiger partial charge in [0.25, 0.3) is 0 Å². The maximum absolute atomic E-state index is 14.0. The van der Waals surface area contributed by atoms with Gasteiger partial charge in [0.1, 0.15) is 17.7 Å². The molecule has 4 aliphatic carbocycles. The highest BCUT2D eigenvalue weighted by Gasteiger charge is 2.56. The summed E-state index contributed by atoms with van der Waals surface area (Å²) in [5, 5.41) is 9.11. The Balaban J connectivity index is 1.59. The average molecular weight is 355 g/mol.